The highest BCUT2D eigenvalue weighted by Crippen LogP contribution is 2.31. The molecule has 2 aromatic carbocycles. The quantitative estimate of drug-likeness (QED) is 0.384. The largest absolute Gasteiger partial charge is 0.495 e. The van der Waals surface area contributed by atoms with Crippen LogP contribution >= 0.6 is 11.6 Å². The molecule has 176 valence electrons. The first kappa shape index (κ1) is 22.4. The van der Waals surface area contributed by atoms with Crippen molar-refractivity contribution in [3.05, 3.63) is 81.9 Å². The summed E-state index contributed by atoms with van der Waals surface area (Å²) in [5, 5.41) is 11.6. The van der Waals surface area contributed by atoms with E-state index in [0.717, 1.165) is 15.8 Å². The van der Waals surface area contributed by atoms with E-state index in [9.17, 15) is 9.59 Å². The third-order valence-corrected chi connectivity index (χ3v) is 5.75. The van der Waals surface area contributed by atoms with Crippen molar-refractivity contribution >= 4 is 28.8 Å². The van der Waals surface area contributed by atoms with Crippen LogP contribution in [0.1, 0.15) is 5.56 Å². The number of benzene rings is 2. The van der Waals surface area contributed by atoms with E-state index in [1.807, 2.05) is 37.3 Å². The SMILES string of the molecule is COc1cc(Cl)c(C)cc1NC(=O)Cn1nc2c(-c3nc(-c4ccccc4)no3)cccn2c1=O. The number of hydrogen-bond acceptors (Lipinski definition) is 7. The normalized spacial score (nSPS) is 11.1. The topological polar surface area (TPSA) is 117 Å². The standard InChI is InChI=1S/C24H19ClN6O4/c1-14-11-18(19(34-2)12-17(14)25)26-20(32)13-31-24(33)30-10-6-9-16(22(30)28-31)23-27-21(29-35-23)15-7-4-3-5-8-15/h3-12H,13H2,1-2H3,(H,26,32). The second-order valence-electron chi connectivity index (χ2n) is 7.69. The molecule has 0 saturated carbocycles. The number of carbonyl (C=O) groups is 1. The second-order valence-corrected chi connectivity index (χ2v) is 8.10. The molecule has 0 aliphatic heterocycles. The van der Waals surface area contributed by atoms with Crippen LogP contribution in [0, 0.1) is 6.92 Å². The van der Waals surface area contributed by atoms with Crippen LogP contribution in [0.3, 0.4) is 0 Å². The van der Waals surface area contributed by atoms with Crippen molar-refractivity contribution in [3.63, 3.8) is 0 Å². The molecule has 0 bridgehead atoms. The first-order valence-electron chi connectivity index (χ1n) is 10.6. The number of aromatic nitrogens is 5. The number of methoxy groups -OCH3 is 1. The van der Waals surface area contributed by atoms with E-state index in [-0.39, 0.29) is 18.1 Å². The van der Waals surface area contributed by atoms with Crippen molar-refractivity contribution in [1.82, 2.24) is 24.3 Å². The van der Waals surface area contributed by atoms with Gasteiger partial charge in [0.15, 0.2) is 5.65 Å². The summed E-state index contributed by atoms with van der Waals surface area (Å²) in [6, 6.07) is 16.1. The Morgan fingerprint density at radius 2 is 1.97 bits per heavy atom. The highest BCUT2D eigenvalue weighted by molar-refractivity contribution is 6.31. The van der Waals surface area contributed by atoms with Crippen LogP contribution in [0.2, 0.25) is 5.02 Å². The number of carbonyl (C=O) groups excluding carboxylic acids is 1. The van der Waals surface area contributed by atoms with E-state index in [0.29, 0.717) is 27.8 Å². The van der Waals surface area contributed by atoms with Crippen LogP contribution in [0.5, 0.6) is 5.75 Å². The summed E-state index contributed by atoms with van der Waals surface area (Å²) < 4.78 is 13.1. The Hall–Kier alpha value is -4.44. The predicted molar refractivity (Wildman–Crippen MR) is 130 cm³/mol. The molecule has 0 atom stereocenters. The number of aryl methyl sites for hydroxylation is 1. The average Bonchev–Trinajstić information content (AvgIpc) is 3.47. The fourth-order valence-corrected chi connectivity index (χ4v) is 3.75. The van der Waals surface area contributed by atoms with Gasteiger partial charge in [-0.3, -0.25) is 4.79 Å². The monoisotopic (exact) mass is 490 g/mol. The molecule has 0 radical (unpaired) electrons. The van der Waals surface area contributed by atoms with E-state index in [1.165, 1.54) is 11.5 Å². The van der Waals surface area contributed by atoms with Gasteiger partial charge in [0.05, 0.1) is 18.4 Å². The van der Waals surface area contributed by atoms with E-state index in [2.05, 4.69) is 20.6 Å². The number of rotatable bonds is 6. The Morgan fingerprint density at radius 1 is 1.17 bits per heavy atom. The number of hydrogen-bond donors (Lipinski definition) is 1. The predicted octanol–water partition coefficient (Wildman–Crippen LogP) is 3.82. The lowest BCUT2D eigenvalue weighted by Crippen LogP contribution is -2.28. The number of halogens is 1. The molecule has 1 N–H and O–H groups in total. The minimum Gasteiger partial charge on any atom is -0.495 e. The van der Waals surface area contributed by atoms with Gasteiger partial charge < -0.3 is 14.6 Å². The maximum absolute atomic E-state index is 12.9. The van der Waals surface area contributed by atoms with Gasteiger partial charge in [-0.25, -0.2) is 13.9 Å². The fraction of sp³-hybridized carbons (Fsp3) is 0.125. The molecule has 1 amide bonds. The van der Waals surface area contributed by atoms with Gasteiger partial charge in [-0.2, -0.15) is 4.98 Å². The Labute approximate surface area is 203 Å². The molecule has 0 spiro atoms. The van der Waals surface area contributed by atoms with Crippen molar-refractivity contribution in [2.24, 2.45) is 0 Å². The number of fused-ring (bicyclic) bond motifs is 1. The van der Waals surface area contributed by atoms with Crippen molar-refractivity contribution < 1.29 is 14.1 Å². The summed E-state index contributed by atoms with van der Waals surface area (Å²) in [7, 11) is 1.48. The molecule has 0 aliphatic carbocycles. The minimum absolute atomic E-state index is 0.206. The third kappa shape index (κ3) is 4.26. The van der Waals surface area contributed by atoms with E-state index in [4.69, 9.17) is 20.9 Å². The van der Waals surface area contributed by atoms with Gasteiger partial charge in [0.2, 0.25) is 11.7 Å². The van der Waals surface area contributed by atoms with Gasteiger partial charge in [-0.1, -0.05) is 47.1 Å². The van der Waals surface area contributed by atoms with Crippen LogP contribution < -0.4 is 15.7 Å². The summed E-state index contributed by atoms with van der Waals surface area (Å²) in [6.45, 7) is 1.50. The lowest BCUT2D eigenvalue weighted by Gasteiger charge is -2.12. The summed E-state index contributed by atoms with van der Waals surface area (Å²) >= 11 is 6.13. The Morgan fingerprint density at radius 3 is 2.74 bits per heavy atom. The molecular weight excluding hydrogens is 472 g/mol. The van der Waals surface area contributed by atoms with Gasteiger partial charge in [-0.15, -0.1) is 5.10 Å². The molecule has 3 heterocycles. The minimum atomic E-state index is -0.487. The van der Waals surface area contributed by atoms with Crippen LogP contribution in [0.25, 0.3) is 28.5 Å². The zero-order valence-corrected chi connectivity index (χ0v) is 19.5. The highest BCUT2D eigenvalue weighted by Gasteiger charge is 2.19. The van der Waals surface area contributed by atoms with Gasteiger partial charge in [0.25, 0.3) is 5.89 Å². The number of ether oxygens (including phenoxy) is 1. The summed E-state index contributed by atoms with van der Waals surface area (Å²) in [4.78, 5) is 30.1. The zero-order chi connectivity index (χ0) is 24.5. The summed E-state index contributed by atoms with van der Waals surface area (Å²) in [5.74, 6) is 0.568. The van der Waals surface area contributed by atoms with Crippen molar-refractivity contribution in [1.29, 1.82) is 0 Å². The number of anilines is 1. The molecule has 35 heavy (non-hydrogen) atoms. The molecule has 11 heteroatoms. The van der Waals surface area contributed by atoms with Crippen molar-refractivity contribution in [3.8, 4) is 28.6 Å². The second kappa shape index (κ2) is 9.07. The smallest absolute Gasteiger partial charge is 0.350 e. The maximum Gasteiger partial charge on any atom is 0.350 e. The van der Waals surface area contributed by atoms with Gasteiger partial charge in [0.1, 0.15) is 12.3 Å². The Balaban J connectivity index is 1.45. The molecule has 5 rings (SSSR count). The first-order chi connectivity index (χ1) is 16.9. The average molecular weight is 491 g/mol. The van der Waals surface area contributed by atoms with Crippen LogP contribution in [0.15, 0.2) is 70.1 Å². The van der Waals surface area contributed by atoms with Crippen LogP contribution in [-0.2, 0) is 11.3 Å². The summed E-state index contributed by atoms with van der Waals surface area (Å²) in [5.41, 5.74) is 2.27. The van der Waals surface area contributed by atoms with E-state index in [1.54, 1.807) is 30.5 Å². The molecule has 3 aromatic heterocycles. The van der Waals surface area contributed by atoms with Gasteiger partial charge in [-0.05, 0) is 30.7 Å². The molecule has 0 aliphatic rings. The molecule has 5 aromatic rings. The van der Waals surface area contributed by atoms with Crippen LogP contribution in [0.4, 0.5) is 5.69 Å². The molecule has 0 unspecified atom stereocenters. The number of nitrogens with one attached hydrogen (secondary N) is 1. The summed E-state index contributed by atoms with van der Waals surface area (Å²) in [6.07, 6.45) is 1.56. The Kier molecular flexibility index (Phi) is 5.79. The molecule has 0 fully saturated rings. The maximum atomic E-state index is 12.9. The molecule has 10 nitrogen and oxygen atoms in total. The van der Waals surface area contributed by atoms with Gasteiger partial charge in [0, 0.05) is 22.8 Å². The number of amides is 1. The lowest BCUT2D eigenvalue weighted by atomic mass is 10.2. The molecular formula is C24H19ClN6O4. The fourth-order valence-electron chi connectivity index (χ4n) is 3.60. The molecule has 0 saturated heterocycles. The lowest BCUT2D eigenvalue weighted by molar-refractivity contribution is -0.117. The highest BCUT2D eigenvalue weighted by atomic mass is 35.5. The van der Waals surface area contributed by atoms with Gasteiger partial charge >= 0.3 is 5.69 Å². The Bertz CT molecular complexity index is 1610. The zero-order valence-electron chi connectivity index (χ0n) is 18.7. The third-order valence-electron chi connectivity index (χ3n) is 5.35. The van der Waals surface area contributed by atoms with E-state index >= 15 is 0 Å². The number of nitrogens with zero attached hydrogens (tertiary/aromatic N) is 5. The first-order valence-corrected chi connectivity index (χ1v) is 10.9. The van der Waals surface area contributed by atoms with Crippen LogP contribution in [-0.4, -0.2) is 37.3 Å². The van der Waals surface area contributed by atoms with Crippen molar-refractivity contribution in [2.45, 2.75) is 13.5 Å². The van der Waals surface area contributed by atoms with E-state index < -0.39 is 11.6 Å². The van der Waals surface area contributed by atoms with Crippen molar-refractivity contribution in [2.75, 3.05) is 12.4 Å². The number of pyridine rings is 1.